The van der Waals surface area contributed by atoms with Gasteiger partial charge in [-0.05, 0) is 36.1 Å². The number of carbonyl (C=O) groups excluding carboxylic acids is 1. The minimum Gasteiger partial charge on any atom is -0.294 e. The maximum absolute atomic E-state index is 13.0. The number of hydrogen-bond donors (Lipinski definition) is 0. The SMILES string of the molecule is CSc1ccc(C(=O)Cc2ccc(F)c(F)c2)cc1. The lowest BCUT2D eigenvalue weighted by Crippen LogP contribution is -2.04. The first-order valence-corrected chi connectivity index (χ1v) is 6.94. The van der Waals surface area contributed by atoms with Crippen LogP contribution in [0.3, 0.4) is 0 Å². The van der Waals surface area contributed by atoms with Gasteiger partial charge in [-0.1, -0.05) is 18.2 Å². The standard InChI is InChI=1S/C15H12F2OS/c1-19-12-5-3-11(4-6-12)15(18)9-10-2-7-13(16)14(17)8-10/h2-8H,9H2,1H3. The third-order valence-corrected chi connectivity index (χ3v) is 3.50. The van der Waals surface area contributed by atoms with Crippen molar-refractivity contribution in [3.8, 4) is 0 Å². The van der Waals surface area contributed by atoms with Crippen molar-refractivity contribution in [1.29, 1.82) is 0 Å². The highest BCUT2D eigenvalue weighted by Gasteiger charge is 2.09. The van der Waals surface area contributed by atoms with Crippen molar-refractivity contribution in [2.75, 3.05) is 6.26 Å². The summed E-state index contributed by atoms with van der Waals surface area (Å²) in [7, 11) is 0. The molecule has 4 heteroatoms. The highest BCUT2D eigenvalue weighted by Crippen LogP contribution is 2.17. The van der Waals surface area contributed by atoms with Gasteiger partial charge < -0.3 is 0 Å². The number of thioether (sulfide) groups is 1. The minimum absolute atomic E-state index is 0.0653. The summed E-state index contributed by atoms with van der Waals surface area (Å²) in [6.07, 6.45) is 2.02. The molecule has 0 fully saturated rings. The predicted octanol–water partition coefficient (Wildman–Crippen LogP) is 4.11. The molecule has 2 aromatic carbocycles. The fraction of sp³-hybridized carbons (Fsp3) is 0.133. The van der Waals surface area contributed by atoms with Gasteiger partial charge in [0.25, 0.3) is 0 Å². The summed E-state index contributed by atoms with van der Waals surface area (Å²) in [5.41, 5.74) is 1.04. The largest absolute Gasteiger partial charge is 0.294 e. The Morgan fingerprint density at radius 3 is 2.32 bits per heavy atom. The van der Waals surface area contributed by atoms with E-state index in [0.717, 1.165) is 17.0 Å². The first kappa shape index (κ1) is 13.7. The summed E-state index contributed by atoms with van der Waals surface area (Å²) in [5, 5.41) is 0. The second-order valence-corrected chi connectivity index (χ2v) is 4.96. The number of benzene rings is 2. The van der Waals surface area contributed by atoms with Crippen molar-refractivity contribution in [3.63, 3.8) is 0 Å². The molecule has 0 amide bonds. The number of hydrogen-bond acceptors (Lipinski definition) is 2. The maximum Gasteiger partial charge on any atom is 0.167 e. The normalized spacial score (nSPS) is 10.5. The van der Waals surface area contributed by atoms with Crippen LogP contribution in [0.25, 0.3) is 0 Å². The first-order chi connectivity index (χ1) is 9.10. The van der Waals surface area contributed by atoms with Gasteiger partial charge in [0.15, 0.2) is 17.4 Å². The molecule has 2 aromatic rings. The van der Waals surface area contributed by atoms with Crippen LogP contribution < -0.4 is 0 Å². The number of rotatable bonds is 4. The summed E-state index contributed by atoms with van der Waals surface area (Å²) in [6.45, 7) is 0. The number of halogens is 2. The Bertz CT molecular complexity index is 594. The zero-order chi connectivity index (χ0) is 13.8. The molecular formula is C15H12F2OS. The number of ketones is 1. The Hall–Kier alpha value is -1.68. The van der Waals surface area contributed by atoms with E-state index >= 15 is 0 Å². The van der Waals surface area contributed by atoms with Crippen LogP contribution in [-0.2, 0) is 6.42 Å². The van der Waals surface area contributed by atoms with Crippen LogP contribution in [0.2, 0.25) is 0 Å². The molecule has 0 saturated carbocycles. The van der Waals surface area contributed by atoms with Gasteiger partial charge in [-0.15, -0.1) is 11.8 Å². The Labute approximate surface area is 114 Å². The van der Waals surface area contributed by atoms with E-state index in [-0.39, 0.29) is 12.2 Å². The van der Waals surface area contributed by atoms with Crippen LogP contribution >= 0.6 is 11.8 Å². The topological polar surface area (TPSA) is 17.1 Å². The highest BCUT2D eigenvalue weighted by molar-refractivity contribution is 7.98. The van der Waals surface area contributed by atoms with Crippen molar-refractivity contribution in [1.82, 2.24) is 0 Å². The third-order valence-electron chi connectivity index (χ3n) is 2.76. The average Bonchev–Trinajstić information content (AvgIpc) is 2.43. The van der Waals surface area contributed by atoms with E-state index in [1.54, 1.807) is 23.9 Å². The molecule has 0 bridgehead atoms. The fourth-order valence-electron chi connectivity index (χ4n) is 1.71. The van der Waals surface area contributed by atoms with Gasteiger partial charge in [0.2, 0.25) is 0 Å². The van der Waals surface area contributed by atoms with Crippen LogP contribution in [0.1, 0.15) is 15.9 Å². The van der Waals surface area contributed by atoms with E-state index in [1.807, 2.05) is 18.4 Å². The molecular weight excluding hydrogens is 266 g/mol. The molecule has 0 spiro atoms. The van der Waals surface area contributed by atoms with E-state index in [4.69, 9.17) is 0 Å². The van der Waals surface area contributed by atoms with E-state index in [9.17, 15) is 13.6 Å². The molecule has 2 rings (SSSR count). The van der Waals surface area contributed by atoms with Gasteiger partial charge in [-0.3, -0.25) is 4.79 Å². The van der Waals surface area contributed by atoms with Crippen LogP contribution in [0, 0.1) is 11.6 Å². The predicted molar refractivity (Wildman–Crippen MR) is 72.6 cm³/mol. The van der Waals surface area contributed by atoms with Crippen LogP contribution in [-0.4, -0.2) is 12.0 Å². The lowest BCUT2D eigenvalue weighted by atomic mass is 10.0. The van der Waals surface area contributed by atoms with Crippen LogP contribution in [0.4, 0.5) is 8.78 Å². The molecule has 0 atom stereocenters. The van der Waals surface area contributed by atoms with Crippen molar-refractivity contribution in [2.45, 2.75) is 11.3 Å². The monoisotopic (exact) mass is 278 g/mol. The van der Waals surface area contributed by atoms with Gasteiger partial charge in [0.1, 0.15) is 0 Å². The van der Waals surface area contributed by atoms with E-state index in [2.05, 4.69) is 0 Å². The second kappa shape index (κ2) is 5.97. The van der Waals surface area contributed by atoms with E-state index in [1.165, 1.54) is 6.07 Å². The van der Waals surface area contributed by atoms with Crippen molar-refractivity contribution in [2.24, 2.45) is 0 Å². The van der Waals surface area contributed by atoms with Crippen LogP contribution in [0.15, 0.2) is 47.4 Å². The molecule has 0 N–H and O–H groups in total. The lowest BCUT2D eigenvalue weighted by molar-refractivity contribution is 0.0993. The summed E-state index contributed by atoms with van der Waals surface area (Å²) >= 11 is 1.59. The second-order valence-electron chi connectivity index (χ2n) is 4.08. The van der Waals surface area contributed by atoms with Gasteiger partial charge in [-0.2, -0.15) is 0 Å². The molecule has 0 unspecified atom stereocenters. The smallest absolute Gasteiger partial charge is 0.167 e. The Balaban J connectivity index is 2.13. The lowest BCUT2D eigenvalue weighted by Gasteiger charge is -2.03. The molecule has 0 aliphatic carbocycles. The Kier molecular flexibility index (Phi) is 4.32. The molecule has 0 radical (unpaired) electrons. The maximum atomic E-state index is 13.0. The van der Waals surface area contributed by atoms with Gasteiger partial charge in [0.05, 0.1) is 0 Å². The number of Topliss-reactive ketones (excluding diaryl/α,β-unsaturated/α-hetero) is 1. The van der Waals surface area contributed by atoms with Gasteiger partial charge >= 0.3 is 0 Å². The van der Waals surface area contributed by atoms with Crippen molar-refractivity contribution < 1.29 is 13.6 Å². The van der Waals surface area contributed by atoms with Crippen LogP contribution in [0.5, 0.6) is 0 Å². The minimum atomic E-state index is -0.928. The molecule has 0 heterocycles. The van der Waals surface area contributed by atoms with E-state index < -0.39 is 11.6 Å². The summed E-state index contributed by atoms with van der Waals surface area (Å²) in [5.74, 6) is -1.94. The first-order valence-electron chi connectivity index (χ1n) is 5.71. The molecule has 0 aliphatic heterocycles. The summed E-state index contributed by atoms with van der Waals surface area (Å²) in [4.78, 5) is 13.1. The van der Waals surface area contributed by atoms with Crippen molar-refractivity contribution in [3.05, 3.63) is 65.2 Å². The Morgan fingerprint density at radius 1 is 1.05 bits per heavy atom. The van der Waals surface area contributed by atoms with Gasteiger partial charge in [-0.25, -0.2) is 8.78 Å². The zero-order valence-electron chi connectivity index (χ0n) is 10.3. The van der Waals surface area contributed by atoms with E-state index in [0.29, 0.717) is 11.1 Å². The molecule has 1 nitrogen and oxygen atoms in total. The zero-order valence-corrected chi connectivity index (χ0v) is 11.1. The van der Waals surface area contributed by atoms with Crippen molar-refractivity contribution >= 4 is 17.5 Å². The molecule has 0 aromatic heterocycles. The third kappa shape index (κ3) is 3.41. The molecule has 98 valence electrons. The summed E-state index contributed by atoms with van der Waals surface area (Å²) < 4.78 is 25.8. The quantitative estimate of drug-likeness (QED) is 0.618. The molecule has 0 aliphatic rings. The average molecular weight is 278 g/mol. The number of carbonyl (C=O) groups is 1. The highest BCUT2D eigenvalue weighted by atomic mass is 32.2. The molecule has 19 heavy (non-hydrogen) atoms. The van der Waals surface area contributed by atoms with Gasteiger partial charge in [0, 0.05) is 16.9 Å². The fourth-order valence-corrected chi connectivity index (χ4v) is 2.12. The molecule has 0 saturated heterocycles. The summed E-state index contributed by atoms with van der Waals surface area (Å²) in [6, 6.07) is 10.7. The Morgan fingerprint density at radius 2 is 1.74 bits per heavy atom.